The van der Waals surface area contributed by atoms with Crippen LogP contribution in [-0.4, -0.2) is 81.3 Å². The van der Waals surface area contributed by atoms with E-state index in [1.807, 2.05) is 6.92 Å². The third-order valence-electron chi connectivity index (χ3n) is 13.3. The molecule has 1 atom stereocenters. The van der Waals surface area contributed by atoms with E-state index in [1.165, 1.54) is 173 Å². The molecule has 0 spiro atoms. The normalized spacial score (nSPS) is 15.4. The van der Waals surface area contributed by atoms with E-state index in [-0.39, 0.29) is 18.0 Å². The average Bonchev–Trinajstić information content (AvgIpc) is 3.73. The molecular weight excluding hydrogens is 773 g/mol. The lowest BCUT2D eigenvalue weighted by Crippen LogP contribution is -2.44. The summed E-state index contributed by atoms with van der Waals surface area (Å²) in [5.74, 6) is 0.881. The van der Waals surface area contributed by atoms with Crippen molar-refractivity contribution in [2.24, 2.45) is 5.92 Å². The number of rotatable bonds is 48. The molecule has 0 bridgehead atoms. The number of nitrogens with zero attached hydrogens (tertiary/aromatic N) is 1. The van der Waals surface area contributed by atoms with Crippen molar-refractivity contribution in [1.29, 1.82) is 0 Å². The zero-order valence-corrected chi connectivity index (χ0v) is 42.2. The number of hydrogen-bond acceptors (Lipinski definition) is 7. The highest BCUT2D eigenvalue weighted by atomic mass is 16.7. The van der Waals surface area contributed by atoms with Gasteiger partial charge in [-0.05, 0) is 110 Å². The molecule has 0 aromatic carbocycles. The number of hydrogen-bond donors (Lipinski definition) is 1. The zero-order valence-electron chi connectivity index (χ0n) is 42.2. The Bertz CT molecular complexity index is 951. The van der Waals surface area contributed by atoms with E-state index < -0.39 is 5.60 Å². The number of unbranched alkanes of at least 4 members (excludes halogenated alkanes) is 21. The summed E-state index contributed by atoms with van der Waals surface area (Å²) in [4.78, 5) is 28.3. The van der Waals surface area contributed by atoms with Crippen LogP contribution >= 0.6 is 0 Å². The molecule has 8 nitrogen and oxygen atoms in total. The highest BCUT2D eigenvalue weighted by Gasteiger charge is 2.37. The molecule has 0 saturated carbocycles. The van der Waals surface area contributed by atoms with Gasteiger partial charge in [-0.1, -0.05) is 175 Å². The summed E-state index contributed by atoms with van der Waals surface area (Å²) in [5.41, 5.74) is -0.648. The molecule has 8 heteroatoms. The maximum Gasteiger partial charge on any atom is 0.306 e. The largest absolute Gasteiger partial charge is 0.462 e. The van der Waals surface area contributed by atoms with E-state index in [2.05, 4.69) is 37.9 Å². The molecule has 1 unspecified atom stereocenters. The summed E-state index contributed by atoms with van der Waals surface area (Å²) in [6, 6.07) is 0. The molecule has 62 heavy (non-hydrogen) atoms. The van der Waals surface area contributed by atoms with Gasteiger partial charge in [0.05, 0.1) is 0 Å². The van der Waals surface area contributed by atoms with Gasteiger partial charge in [0.15, 0.2) is 0 Å². The van der Waals surface area contributed by atoms with Crippen molar-refractivity contribution in [2.75, 3.05) is 52.8 Å². The molecule has 1 aliphatic heterocycles. The van der Waals surface area contributed by atoms with Crippen LogP contribution < -0.4 is 5.32 Å². The van der Waals surface area contributed by atoms with Crippen LogP contribution in [0.25, 0.3) is 0 Å². The molecule has 0 radical (unpaired) electrons. The minimum atomic E-state index is -0.648. The maximum atomic E-state index is 12.9. The lowest BCUT2D eigenvalue weighted by Gasteiger charge is -2.24. The first-order valence-electron chi connectivity index (χ1n) is 27.4. The first kappa shape index (κ1) is 58.8. The molecule has 1 heterocycles. The van der Waals surface area contributed by atoms with Gasteiger partial charge in [0.2, 0.25) is 0 Å². The minimum Gasteiger partial charge on any atom is -0.462 e. The summed E-state index contributed by atoms with van der Waals surface area (Å²) in [6.45, 7) is 17.7. The zero-order chi connectivity index (χ0) is 45.0. The lowest BCUT2D eigenvalue weighted by atomic mass is 9.93. The van der Waals surface area contributed by atoms with E-state index in [1.54, 1.807) is 0 Å². The van der Waals surface area contributed by atoms with Crippen LogP contribution in [0.2, 0.25) is 0 Å². The smallest absolute Gasteiger partial charge is 0.306 e. The van der Waals surface area contributed by atoms with E-state index in [4.69, 9.17) is 18.9 Å². The van der Waals surface area contributed by atoms with Gasteiger partial charge in [-0.25, -0.2) is 0 Å². The third kappa shape index (κ3) is 35.1. The van der Waals surface area contributed by atoms with Crippen LogP contribution in [-0.2, 0) is 28.5 Å². The molecular formula is C54H106N2O6. The standard InChI is InChI=1S/C54H106N2O6/c1-6-10-14-16-21-27-37-51(38-28-22-17-15-11-7-2)62-52(57)39-29-23-20-25-31-44-56(45-34-42-55-53(58)54(5)41-33-47-61-54)43-30-24-18-19-26-32-46-59-49-60-48-40-50(35-12-8-3)36-13-9-4/h50-51H,6-49H2,1-5H3,(H,55,58). The number of carbonyl (C=O) groups excluding carboxylic acids is 2. The van der Waals surface area contributed by atoms with Crippen molar-refractivity contribution < 1.29 is 28.5 Å². The van der Waals surface area contributed by atoms with E-state index in [0.29, 0.717) is 26.4 Å². The highest BCUT2D eigenvalue weighted by Crippen LogP contribution is 2.25. The molecule has 0 aromatic rings. The summed E-state index contributed by atoms with van der Waals surface area (Å²) >= 11 is 0. The molecule has 1 amide bonds. The molecule has 1 N–H and O–H groups in total. The molecule has 368 valence electrons. The lowest BCUT2D eigenvalue weighted by molar-refractivity contribution is -0.150. The number of ether oxygens (including phenoxy) is 4. The monoisotopic (exact) mass is 879 g/mol. The first-order valence-corrected chi connectivity index (χ1v) is 27.4. The van der Waals surface area contributed by atoms with Gasteiger partial charge < -0.3 is 29.2 Å². The Morgan fingerprint density at radius 1 is 0.565 bits per heavy atom. The van der Waals surface area contributed by atoms with Gasteiger partial charge in [-0.3, -0.25) is 9.59 Å². The first-order chi connectivity index (χ1) is 30.4. The second kappa shape index (κ2) is 43.7. The van der Waals surface area contributed by atoms with Gasteiger partial charge in [0.1, 0.15) is 18.5 Å². The fraction of sp³-hybridized carbons (Fsp3) is 0.963. The van der Waals surface area contributed by atoms with Crippen molar-refractivity contribution in [3.63, 3.8) is 0 Å². The molecule has 1 rings (SSSR count). The van der Waals surface area contributed by atoms with Crippen LogP contribution in [0.4, 0.5) is 0 Å². The van der Waals surface area contributed by atoms with E-state index in [9.17, 15) is 9.59 Å². The van der Waals surface area contributed by atoms with Crippen LogP contribution in [0.5, 0.6) is 0 Å². The summed E-state index contributed by atoms with van der Waals surface area (Å²) in [6.07, 6.45) is 42.9. The Balaban J connectivity index is 2.32. The Labute approximate surface area is 385 Å². The Morgan fingerprint density at radius 2 is 1.06 bits per heavy atom. The SMILES string of the molecule is CCCCCCCCC(CCCCCCCC)OC(=O)CCCCCCCN(CCCCCCCCOCOCCC(CCCC)CCCC)CCCNC(=O)C1(C)CCCO1. The van der Waals surface area contributed by atoms with Gasteiger partial charge in [0, 0.05) is 32.8 Å². The van der Waals surface area contributed by atoms with Gasteiger partial charge in [-0.2, -0.15) is 0 Å². The van der Waals surface area contributed by atoms with Crippen molar-refractivity contribution in [3.8, 4) is 0 Å². The van der Waals surface area contributed by atoms with Gasteiger partial charge >= 0.3 is 5.97 Å². The van der Waals surface area contributed by atoms with E-state index >= 15 is 0 Å². The van der Waals surface area contributed by atoms with Crippen molar-refractivity contribution in [2.45, 2.75) is 277 Å². The number of amides is 1. The third-order valence-corrected chi connectivity index (χ3v) is 13.3. The summed E-state index contributed by atoms with van der Waals surface area (Å²) < 4.78 is 23.5. The molecule has 1 aliphatic rings. The van der Waals surface area contributed by atoms with Crippen molar-refractivity contribution in [1.82, 2.24) is 10.2 Å². The van der Waals surface area contributed by atoms with Crippen LogP contribution in [0.15, 0.2) is 0 Å². The highest BCUT2D eigenvalue weighted by molar-refractivity contribution is 5.84. The molecule has 0 aromatic heterocycles. The Kier molecular flexibility index (Phi) is 41.4. The number of carbonyl (C=O) groups is 2. The summed E-state index contributed by atoms with van der Waals surface area (Å²) in [5, 5.41) is 3.16. The average molecular weight is 879 g/mol. The second-order valence-corrected chi connectivity index (χ2v) is 19.4. The van der Waals surface area contributed by atoms with E-state index in [0.717, 1.165) is 90.1 Å². The predicted molar refractivity (Wildman–Crippen MR) is 263 cm³/mol. The fourth-order valence-electron chi connectivity index (χ4n) is 9.02. The molecule has 0 aliphatic carbocycles. The van der Waals surface area contributed by atoms with Crippen LogP contribution in [0.1, 0.15) is 266 Å². The van der Waals surface area contributed by atoms with Crippen LogP contribution in [0, 0.1) is 5.92 Å². The summed E-state index contributed by atoms with van der Waals surface area (Å²) in [7, 11) is 0. The predicted octanol–water partition coefficient (Wildman–Crippen LogP) is 14.8. The molecule has 1 fully saturated rings. The fourth-order valence-corrected chi connectivity index (χ4v) is 9.02. The van der Waals surface area contributed by atoms with Gasteiger partial charge in [-0.15, -0.1) is 0 Å². The molecule has 1 saturated heterocycles. The van der Waals surface area contributed by atoms with Crippen molar-refractivity contribution in [3.05, 3.63) is 0 Å². The topological polar surface area (TPSA) is 86.3 Å². The second-order valence-electron chi connectivity index (χ2n) is 19.4. The minimum absolute atomic E-state index is 0.0242. The Hall–Kier alpha value is -1.22. The quantitative estimate of drug-likeness (QED) is 0.0370. The van der Waals surface area contributed by atoms with Crippen molar-refractivity contribution >= 4 is 11.9 Å². The van der Waals surface area contributed by atoms with Crippen LogP contribution in [0.3, 0.4) is 0 Å². The maximum absolute atomic E-state index is 12.9. The number of nitrogens with one attached hydrogen (secondary N) is 1. The van der Waals surface area contributed by atoms with Gasteiger partial charge in [0.25, 0.3) is 5.91 Å². The number of esters is 1. The Morgan fingerprint density at radius 3 is 1.63 bits per heavy atom.